The van der Waals surface area contributed by atoms with Crippen LogP contribution in [0.15, 0.2) is 18.5 Å². The van der Waals surface area contributed by atoms with Crippen LogP contribution in [0.25, 0.3) is 0 Å². The molecule has 1 amide bonds. The van der Waals surface area contributed by atoms with Gasteiger partial charge in [-0.1, -0.05) is 6.92 Å². The Bertz CT molecular complexity index is 443. The highest BCUT2D eigenvalue weighted by Gasteiger charge is 2.38. The minimum absolute atomic E-state index is 0.00345. The summed E-state index contributed by atoms with van der Waals surface area (Å²) in [5, 5.41) is 13.1. The number of likely N-dealkylation sites (tertiary alicyclic amines) is 1. The van der Waals surface area contributed by atoms with Gasteiger partial charge in [0.25, 0.3) is 0 Å². The molecule has 1 aliphatic heterocycles. The van der Waals surface area contributed by atoms with Crippen LogP contribution < -0.4 is 0 Å². The molecule has 0 aliphatic carbocycles. The average Bonchev–Trinajstić information content (AvgIpc) is 2.95. The van der Waals surface area contributed by atoms with Gasteiger partial charge in [0.05, 0.1) is 5.92 Å². The molecule has 0 bridgehead atoms. The van der Waals surface area contributed by atoms with Crippen LogP contribution in [0.3, 0.4) is 0 Å². The first kappa shape index (κ1) is 12.6. The summed E-state index contributed by atoms with van der Waals surface area (Å²) < 4.78 is 1.58. The van der Waals surface area contributed by atoms with E-state index < -0.39 is 11.9 Å². The van der Waals surface area contributed by atoms with Gasteiger partial charge in [-0.15, -0.1) is 0 Å². The van der Waals surface area contributed by atoms with Crippen LogP contribution in [0.5, 0.6) is 0 Å². The van der Waals surface area contributed by atoms with Crippen molar-refractivity contribution in [2.45, 2.75) is 19.9 Å². The first-order chi connectivity index (χ1) is 8.50. The van der Waals surface area contributed by atoms with Gasteiger partial charge in [0.15, 0.2) is 0 Å². The molecule has 1 fully saturated rings. The lowest BCUT2D eigenvalue weighted by Gasteiger charge is -2.20. The fourth-order valence-electron chi connectivity index (χ4n) is 2.36. The number of aromatic nitrogens is 2. The Labute approximate surface area is 105 Å². The van der Waals surface area contributed by atoms with Gasteiger partial charge in [-0.3, -0.25) is 14.3 Å². The lowest BCUT2D eigenvalue weighted by atomic mass is 9.99. The molecule has 3 atom stereocenters. The summed E-state index contributed by atoms with van der Waals surface area (Å²) in [5.74, 6) is -1.37. The van der Waals surface area contributed by atoms with Crippen LogP contribution in [0, 0.1) is 11.8 Å². The zero-order valence-electron chi connectivity index (χ0n) is 10.5. The van der Waals surface area contributed by atoms with Crippen LogP contribution in [-0.2, 0) is 9.59 Å². The van der Waals surface area contributed by atoms with E-state index in [1.165, 1.54) is 0 Å². The lowest BCUT2D eigenvalue weighted by Crippen LogP contribution is -2.35. The van der Waals surface area contributed by atoms with Crippen molar-refractivity contribution in [1.29, 1.82) is 0 Å². The van der Waals surface area contributed by atoms with E-state index >= 15 is 0 Å². The topological polar surface area (TPSA) is 75.4 Å². The Kier molecular flexibility index (Phi) is 3.36. The van der Waals surface area contributed by atoms with Gasteiger partial charge in [0.1, 0.15) is 6.04 Å². The molecule has 1 N–H and O–H groups in total. The summed E-state index contributed by atoms with van der Waals surface area (Å²) in [4.78, 5) is 24.9. The Morgan fingerprint density at radius 2 is 2.17 bits per heavy atom. The fourth-order valence-corrected chi connectivity index (χ4v) is 2.36. The summed E-state index contributed by atoms with van der Waals surface area (Å²) in [6.07, 6.45) is 3.35. The van der Waals surface area contributed by atoms with Gasteiger partial charge in [0.2, 0.25) is 5.91 Å². The molecule has 1 aromatic rings. The quantitative estimate of drug-likeness (QED) is 0.854. The number of nitrogens with zero attached hydrogens (tertiary/aromatic N) is 3. The molecule has 0 spiro atoms. The highest BCUT2D eigenvalue weighted by Crippen LogP contribution is 2.25. The first-order valence-electron chi connectivity index (χ1n) is 6.01. The van der Waals surface area contributed by atoms with Gasteiger partial charge in [-0.05, 0) is 18.9 Å². The monoisotopic (exact) mass is 251 g/mol. The second-order valence-corrected chi connectivity index (χ2v) is 4.83. The van der Waals surface area contributed by atoms with Crippen molar-refractivity contribution in [2.75, 3.05) is 13.1 Å². The first-order valence-corrected chi connectivity index (χ1v) is 6.01. The molecule has 6 heteroatoms. The highest BCUT2D eigenvalue weighted by molar-refractivity contribution is 5.81. The fraction of sp³-hybridized carbons (Fsp3) is 0.583. The number of carbonyl (C=O) groups is 2. The molecular formula is C12H17N3O3. The van der Waals surface area contributed by atoms with Crippen LogP contribution in [0.2, 0.25) is 0 Å². The molecule has 0 aromatic carbocycles. The molecule has 0 saturated carbocycles. The third kappa shape index (κ3) is 2.23. The van der Waals surface area contributed by atoms with Gasteiger partial charge < -0.3 is 10.0 Å². The molecule has 98 valence electrons. The number of rotatable bonds is 3. The molecule has 0 radical (unpaired) electrons. The second-order valence-electron chi connectivity index (χ2n) is 4.83. The van der Waals surface area contributed by atoms with Crippen molar-refractivity contribution in [3.05, 3.63) is 18.5 Å². The maximum absolute atomic E-state index is 12.2. The van der Waals surface area contributed by atoms with E-state index in [-0.39, 0.29) is 17.9 Å². The molecule has 6 nitrogen and oxygen atoms in total. The van der Waals surface area contributed by atoms with Gasteiger partial charge in [-0.25, -0.2) is 0 Å². The maximum Gasteiger partial charge on any atom is 0.308 e. The molecule has 1 saturated heterocycles. The van der Waals surface area contributed by atoms with E-state index in [4.69, 9.17) is 5.11 Å². The third-order valence-corrected chi connectivity index (χ3v) is 3.52. The Hall–Kier alpha value is -1.85. The SMILES string of the molecule is CC(C(=O)N1C[C@@H](C)[C@H](C(=O)O)C1)n1cccn1. The number of hydrogen-bond donors (Lipinski definition) is 1. The highest BCUT2D eigenvalue weighted by atomic mass is 16.4. The summed E-state index contributed by atoms with van der Waals surface area (Å²) >= 11 is 0. The van der Waals surface area contributed by atoms with Crippen molar-refractivity contribution in [3.8, 4) is 0 Å². The van der Waals surface area contributed by atoms with E-state index in [1.54, 1.807) is 35.0 Å². The van der Waals surface area contributed by atoms with Crippen molar-refractivity contribution in [2.24, 2.45) is 11.8 Å². The van der Waals surface area contributed by atoms with Crippen LogP contribution in [-0.4, -0.2) is 44.8 Å². The van der Waals surface area contributed by atoms with Crippen molar-refractivity contribution >= 4 is 11.9 Å². The third-order valence-electron chi connectivity index (χ3n) is 3.52. The zero-order valence-corrected chi connectivity index (χ0v) is 10.5. The normalized spacial score (nSPS) is 25.1. The smallest absolute Gasteiger partial charge is 0.308 e. The minimum Gasteiger partial charge on any atom is -0.481 e. The second kappa shape index (κ2) is 4.80. The maximum atomic E-state index is 12.2. The van der Waals surface area contributed by atoms with Crippen molar-refractivity contribution < 1.29 is 14.7 Å². The Balaban J connectivity index is 2.05. The molecular weight excluding hydrogens is 234 g/mol. The largest absolute Gasteiger partial charge is 0.481 e. The zero-order chi connectivity index (χ0) is 13.3. The number of carbonyl (C=O) groups excluding carboxylic acids is 1. The number of aliphatic carboxylic acids is 1. The number of hydrogen-bond acceptors (Lipinski definition) is 3. The molecule has 1 aromatic heterocycles. The molecule has 1 unspecified atom stereocenters. The molecule has 2 rings (SSSR count). The predicted molar refractivity (Wildman–Crippen MR) is 63.8 cm³/mol. The van der Waals surface area contributed by atoms with E-state index in [1.807, 2.05) is 6.92 Å². The standard InChI is InChI=1S/C12H17N3O3/c1-8-6-14(7-10(8)12(17)18)11(16)9(2)15-5-3-4-13-15/h3-5,8-10H,6-7H2,1-2H3,(H,17,18)/t8-,9?,10-/m1/s1. The average molecular weight is 251 g/mol. The minimum atomic E-state index is -0.829. The Morgan fingerprint density at radius 3 is 2.67 bits per heavy atom. The number of amides is 1. The Morgan fingerprint density at radius 1 is 1.44 bits per heavy atom. The number of carboxylic acids is 1. The summed E-state index contributed by atoms with van der Waals surface area (Å²) in [6.45, 7) is 4.43. The van der Waals surface area contributed by atoms with E-state index in [9.17, 15) is 9.59 Å². The van der Waals surface area contributed by atoms with E-state index in [2.05, 4.69) is 5.10 Å². The van der Waals surface area contributed by atoms with Crippen molar-refractivity contribution in [3.63, 3.8) is 0 Å². The molecule has 18 heavy (non-hydrogen) atoms. The summed E-state index contributed by atoms with van der Waals surface area (Å²) in [6, 6.07) is 1.37. The van der Waals surface area contributed by atoms with Crippen molar-refractivity contribution in [1.82, 2.24) is 14.7 Å². The molecule has 1 aliphatic rings. The van der Waals surface area contributed by atoms with E-state index in [0.717, 1.165) is 0 Å². The summed E-state index contributed by atoms with van der Waals surface area (Å²) in [5.41, 5.74) is 0. The number of carboxylic acid groups (broad SMARTS) is 1. The molecule has 2 heterocycles. The van der Waals surface area contributed by atoms with Gasteiger partial charge in [0, 0.05) is 25.5 Å². The summed E-state index contributed by atoms with van der Waals surface area (Å²) in [7, 11) is 0. The van der Waals surface area contributed by atoms with Gasteiger partial charge in [-0.2, -0.15) is 5.10 Å². The predicted octanol–water partition coefficient (Wildman–Crippen LogP) is 0.623. The van der Waals surface area contributed by atoms with Crippen LogP contribution in [0.4, 0.5) is 0 Å². The van der Waals surface area contributed by atoms with Gasteiger partial charge >= 0.3 is 5.97 Å². The van der Waals surface area contributed by atoms with E-state index in [0.29, 0.717) is 13.1 Å². The lowest BCUT2D eigenvalue weighted by molar-refractivity contribution is -0.142. The van der Waals surface area contributed by atoms with Crippen LogP contribution in [0.1, 0.15) is 19.9 Å². The van der Waals surface area contributed by atoms with Crippen LogP contribution >= 0.6 is 0 Å².